The highest BCUT2D eigenvalue weighted by molar-refractivity contribution is 14.1. The lowest BCUT2D eigenvalue weighted by atomic mass is 9.93. The Morgan fingerprint density at radius 1 is 0.643 bits per heavy atom. The Morgan fingerprint density at radius 2 is 1.07 bits per heavy atom. The van der Waals surface area contributed by atoms with Crippen LogP contribution in [0.1, 0.15) is 39.0 Å². The Bertz CT molecular complexity index is 548. The van der Waals surface area contributed by atoms with Gasteiger partial charge in [0.25, 0.3) is 0 Å². The van der Waals surface area contributed by atoms with Crippen LogP contribution in [0, 0.1) is 0 Å². The predicted molar refractivity (Wildman–Crippen MR) is 81.7 cm³/mol. The summed E-state index contributed by atoms with van der Waals surface area (Å²) < 4.78 is 167. The summed E-state index contributed by atoms with van der Waals surface area (Å²) in [5.74, 6) is -36.7. The molecule has 0 bridgehead atoms. The molecule has 0 atom stereocenters. The van der Waals surface area contributed by atoms with Crippen molar-refractivity contribution in [2.45, 2.75) is 74.8 Å². The molecule has 0 aliphatic rings. The maximum Gasteiger partial charge on any atom is 0.460 e. The molecule has 0 aromatic carbocycles. The van der Waals surface area contributed by atoms with Gasteiger partial charge in [-0.05, 0) is 39.0 Å². The standard InChI is InChI=1S/C14H14F13I/c1-2-3-4-5-6-8(28)7-9(15,16)10(17,18)11(19,20)12(21,22)13(23,24)14(25,26)27/h7H,2-6H2,1H3/b8-7+. The molecule has 0 amide bonds. The van der Waals surface area contributed by atoms with Gasteiger partial charge in [-0.1, -0.05) is 26.2 Å². The maximum absolute atomic E-state index is 13.6. The monoisotopic (exact) mass is 556 g/mol. The summed E-state index contributed by atoms with van der Waals surface area (Å²) >= 11 is 1.02. The summed E-state index contributed by atoms with van der Waals surface area (Å²) in [6.45, 7) is 1.77. The molecule has 0 rings (SSSR count). The highest BCUT2D eigenvalue weighted by atomic mass is 127. The molecule has 0 heterocycles. The van der Waals surface area contributed by atoms with Crippen molar-refractivity contribution in [1.29, 1.82) is 0 Å². The lowest BCUT2D eigenvalue weighted by molar-refractivity contribution is -0.436. The third-order valence-corrected chi connectivity index (χ3v) is 4.42. The van der Waals surface area contributed by atoms with Crippen molar-refractivity contribution in [2.75, 3.05) is 0 Å². The number of unbranched alkanes of at least 4 members (excludes halogenated alkanes) is 3. The fourth-order valence-corrected chi connectivity index (χ4v) is 2.63. The van der Waals surface area contributed by atoms with Crippen LogP contribution in [0.2, 0.25) is 0 Å². The van der Waals surface area contributed by atoms with E-state index in [4.69, 9.17) is 0 Å². The van der Waals surface area contributed by atoms with Gasteiger partial charge in [-0.15, -0.1) is 0 Å². The van der Waals surface area contributed by atoms with E-state index in [-0.39, 0.29) is 12.8 Å². The second-order valence-electron chi connectivity index (χ2n) is 5.82. The van der Waals surface area contributed by atoms with Crippen LogP contribution in [0.3, 0.4) is 0 Å². The number of halogens is 14. The summed E-state index contributed by atoms with van der Waals surface area (Å²) in [6.07, 6.45) is -6.68. The lowest BCUT2D eigenvalue weighted by Gasteiger charge is -2.39. The average Bonchev–Trinajstić information content (AvgIpc) is 2.49. The fraction of sp³-hybridized carbons (Fsp3) is 0.857. The van der Waals surface area contributed by atoms with Gasteiger partial charge in [0.05, 0.1) is 0 Å². The molecule has 0 spiro atoms. The molecule has 14 heteroatoms. The number of alkyl halides is 13. The quantitative estimate of drug-likeness (QED) is 0.145. The van der Waals surface area contributed by atoms with Crippen LogP contribution >= 0.6 is 22.6 Å². The zero-order valence-electron chi connectivity index (χ0n) is 13.9. The Kier molecular flexibility index (Phi) is 8.60. The molecule has 168 valence electrons. The van der Waals surface area contributed by atoms with E-state index < -0.39 is 45.4 Å². The molecule has 0 radical (unpaired) electrons. The molecule has 0 nitrogen and oxygen atoms in total. The van der Waals surface area contributed by atoms with Crippen molar-refractivity contribution in [3.63, 3.8) is 0 Å². The number of hydrogen-bond acceptors (Lipinski definition) is 0. The minimum absolute atomic E-state index is 0.142. The van der Waals surface area contributed by atoms with Gasteiger partial charge < -0.3 is 0 Å². The van der Waals surface area contributed by atoms with Gasteiger partial charge >= 0.3 is 35.8 Å². The molecule has 0 aliphatic heterocycles. The number of rotatable bonds is 10. The second-order valence-corrected chi connectivity index (χ2v) is 7.21. The summed E-state index contributed by atoms with van der Waals surface area (Å²) in [7, 11) is 0. The van der Waals surface area contributed by atoms with E-state index in [0.29, 0.717) is 19.3 Å². The first kappa shape index (κ1) is 27.6. The van der Waals surface area contributed by atoms with Crippen LogP contribution in [0.25, 0.3) is 0 Å². The number of allylic oxidation sites excluding steroid dienone is 2. The SMILES string of the molecule is CCCCCC/C(I)=C\C(F)(F)C(F)(F)C(F)(F)C(F)(F)C(F)(F)C(F)(F)F. The largest absolute Gasteiger partial charge is 0.460 e. The Hall–Kier alpha value is -0.440. The highest BCUT2D eigenvalue weighted by Gasteiger charge is 2.90. The zero-order valence-corrected chi connectivity index (χ0v) is 16.1. The van der Waals surface area contributed by atoms with E-state index in [9.17, 15) is 57.1 Å². The van der Waals surface area contributed by atoms with Crippen LogP contribution in [0.15, 0.2) is 9.66 Å². The third-order valence-electron chi connectivity index (χ3n) is 3.56. The van der Waals surface area contributed by atoms with Gasteiger partial charge in [0.2, 0.25) is 0 Å². The first-order chi connectivity index (χ1) is 12.2. The van der Waals surface area contributed by atoms with E-state index >= 15 is 0 Å². The molecule has 0 N–H and O–H groups in total. The Balaban J connectivity index is 5.92. The van der Waals surface area contributed by atoms with E-state index in [0.717, 1.165) is 22.6 Å². The van der Waals surface area contributed by atoms with Crippen LogP contribution in [0.5, 0.6) is 0 Å². The first-order valence-corrected chi connectivity index (χ1v) is 8.61. The fourth-order valence-electron chi connectivity index (χ4n) is 1.86. The van der Waals surface area contributed by atoms with E-state index in [2.05, 4.69) is 0 Å². The predicted octanol–water partition coefficient (Wildman–Crippen LogP) is 8.01. The molecule has 0 aliphatic carbocycles. The highest BCUT2D eigenvalue weighted by Crippen LogP contribution is 2.60. The molecule has 0 unspecified atom stereocenters. The Morgan fingerprint density at radius 3 is 1.46 bits per heavy atom. The second kappa shape index (κ2) is 8.74. The van der Waals surface area contributed by atoms with Crippen molar-refractivity contribution in [2.24, 2.45) is 0 Å². The van der Waals surface area contributed by atoms with E-state index in [1.165, 1.54) is 0 Å². The molecule has 28 heavy (non-hydrogen) atoms. The minimum atomic E-state index is -7.86. The van der Waals surface area contributed by atoms with Crippen LogP contribution in [-0.2, 0) is 0 Å². The van der Waals surface area contributed by atoms with Crippen molar-refractivity contribution < 1.29 is 57.1 Å². The van der Waals surface area contributed by atoms with Gasteiger partial charge in [-0.3, -0.25) is 0 Å². The zero-order chi connectivity index (χ0) is 22.8. The summed E-state index contributed by atoms with van der Waals surface area (Å²) in [6, 6.07) is 0. The molecule has 0 saturated carbocycles. The summed E-state index contributed by atoms with van der Waals surface area (Å²) in [4.78, 5) is 0. The number of hydrogen-bond donors (Lipinski definition) is 0. The smallest absolute Gasteiger partial charge is 0.195 e. The topological polar surface area (TPSA) is 0 Å². The van der Waals surface area contributed by atoms with Gasteiger partial charge in [0.1, 0.15) is 0 Å². The maximum atomic E-state index is 13.6. The molecule has 0 aromatic rings. The summed E-state index contributed by atoms with van der Waals surface area (Å²) in [5.41, 5.74) is 0. The van der Waals surface area contributed by atoms with Crippen molar-refractivity contribution in [1.82, 2.24) is 0 Å². The molecule has 0 aromatic heterocycles. The Labute approximate surface area is 164 Å². The van der Waals surface area contributed by atoms with Crippen molar-refractivity contribution in [3.05, 3.63) is 9.66 Å². The molecule has 0 saturated heterocycles. The minimum Gasteiger partial charge on any atom is -0.195 e. The van der Waals surface area contributed by atoms with Crippen LogP contribution in [0.4, 0.5) is 57.1 Å². The van der Waals surface area contributed by atoms with Gasteiger partial charge in [-0.25, -0.2) is 0 Å². The molecular formula is C14H14F13I. The van der Waals surface area contributed by atoms with Gasteiger partial charge in [0, 0.05) is 6.08 Å². The van der Waals surface area contributed by atoms with Crippen LogP contribution < -0.4 is 0 Å². The van der Waals surface area contributed by atoms with Crippen molar-refractivity contribution >= 4 is 22.6 Å². The normalized spacial score (nSPS) is 15.9. The van der Waals surface area contributed by atoms with E-state index in [1.54, 1.807) is 6.92 Å². The summed E-state index contributed by atoms with van der Waals surface area (Å²) in [5, 5.41) is 0. The van der Waals surface area contributed by atoms with Gasteiger partial charge in [-0.2, -0.15) is 57.1 Å². The van der Waals surface area contributed by atoms with E-state index in [1.807, 2.05) is 0 Å². The van der Waals surface area contributed by atoms with Gasteiger partial charge in [0.15, 0.2) is 0 Å². The first-order valence-electron chi connectivity index (χ1n) is 7.53. The van der Waals surface area contributed by atoms with Crippen molar-refractivity contribution in [3.8, 4) is 0 Å². The average molecular weight is 556 g/mol. The molecule has 0 fully saturated rings. The third kappa shape index (κ3) is 4.99. The lowest BCUT2D eigenvalue weighted by Crippen LogP contribution is -2.69. The molecular weight excluding hydrogens is 542 g/mol. The van der Waals surface area contributed by atoms with Crippen LogP contribution in [-0.4, -0.2) is 35.8 Å².